The van der Waals surface area contributed by atoms with Gasteiger partial charge in [0, 0.05) is 19.0 Å². The number of nitrogens with zero attached hydrogens (tertiary/aromatic N) is 1. The van der Waals surface area contributed by atoms with Gasteiger partial charge < -0.3 is 4.90 Å². The van der Waals surface area contributed by atoms with E-state index in [1.807, 2.05) is 0 Å². The lowest BCUT2D eigenvalue weighted by Crippen LogP contribution is -2.34. The molecule has 2 aliphatic rings. The van der Waals surface area contributed by atoms with Crippen molar-refractivity contribution in [3.8, 4) is 0 Å². The molecule has 0 N–H and O–H groups in total. The van der Waals surface area contributed by atoms with E-state index in [0.717, 1.165) is 25.9 Å². The molecule has 1 aromatic rings. The maximum absolute atomic E-state index is 12.1. The highest BCUT2D eigenvalue weighted by molar-refractivity contribution is 5.81. The molecule has 0 radical (unpaired) electrons. The molecule has 0 aliphatic heterocycles. The Morgan fingerprint density at radius 2 is 2.00 bits per heavy atom. The number of benzene rings is 1. The zero-order valence-electron chi connectivity index (χ0n) is 11.0. The second kappa shape index (κ2) is 4.75. The molecule has 1 aromatic carbocycles. The first-order chi connectivity index (χ1) is 8.79. The maximum Gasteiger partial charge on any atom is 0.225 e. The predicted octanol–water partition coefficient (Wildman–Crippen LogP) is 3.05. The third-order valence-corrected chi connectivity index (χ3v) is 4.23. The average molecular weight is 243 g/mol. The first kappa shape index (κ1) is 11.8. The van der Waals surface area contributed by atoms with Crippen molar-refractivity contribution in [2.45, 2.75) is 32.1 Å². The third kappa shape index (κ3) is 2.43. The third-order valence-electron chi connectivity index (χ3n) is 4.23. The normalized spacial score (nSPS) is 25.8. The Morgan fingerprint density at radius 3 is 2.61 bits per heavy atom. The molecule has 3 rings (SSSR count). The van der Waals surface area contributed by atoms with Crippen molar-refractivity contribution in [2.24, 2.45) is 11.8 Å². The van der Waals surface area contributed by atoms with Crippen LogP contribution >= 0.6 is 0 Å². The summed E-state index contributed by atoms with van der Waals surface area (Å²) < 4.78 is 0. The monoisotopic (exact) mass is 243 g/mol. The van der Waals surface area contributed by atoms with E-state index in [4.69, 9.17) is 0 Å². The van der Waals surface area contributed by atoms with Crippen molar-refractivity contribution in [3.05, 3.63) is 35.9 Å². The van der Waals surface area contributed by atoms with Crippen LogP contribution in [0.1, 0.15) is 37.7 Å². The van der Waals surface area contributed by atoms with Crippen molar-refractivity contribution in [3.63, 3.8) is 0 Å². The summed E-state index contributed by atoms with van der Waals surface area (Å²) in [6.07, 6.45) is 3.47. The summed E-state index contributed by atoms with van der Waals surface area (Å²) in [4.78, 5) is 14.1. The molecule has 2 nitrogen and oxygen atoms in total. The minimum absolute atomic E-state index is 0.360. The molecule has 0 spiro atoms. The molecule has 0 bridgehead atoms. The second-order valence-electron chi connectivity index (χ2n) is 5.66. The van der Waals surface area contributed by atoms with Crippen molar-refractivity contribution in [2.75, 3.05) is 13.1 Å². The SMILES string of the molecule is CCN(C[C@H]1CC1c1ccccc1)C(=O)C1CC1. The van der Waals surface area contributed by atoms with E-state index in [1.54, 1.807) is 0 Å². The highest BCUT2D eigenvalue weighted by Crippen LogP contribution is 2.48. The fraction of sp³-hybridized carbons (Fsp3) is 0.562. The number of rotatable bonds is 5. The Kier molecular flexibility index (Phi) is 3.11. The average Bonchev–Trinajstić information content (AvgIpc) is 3.29. The van der Waals surface area contributed by atoms with Crippen LogP contribution in [0.25, 0.3) is 0 Å². The van der Waals surface area contributed by atoms with Gasteiger partial charge in [0.05, 0.1) is 0 Å². The summed E-state index contributed by atoms with van der Waals surface area (Å²) in [5.41, 5.74) is 1.44. The van der Waals surface area contributed by atoms with Gasteiger partial charge in [-0.15, -0.1) is 0 Å². The molecule has 18 heavy (non-hydrogen) atoms. The Bertz CT molecular complexity index is 424. The number of carbonyl (C=O) groups is 1. The number of amides is 1. The number of hydrogen-bond donors (Lipinski definition) is 0. The van der Waals surface area contributed by atoms with E-state index in [2.05, 4.69) is 42.2 Å². The second-order valence-corrected chi connectivity index (χ2v) is 5.66. The molecule has 2 fully saturated rings. The summed E-state index contributed by atoms with van der Waals surface area (Å²) in [7, 11) is 0. The van der Waals surface area contributed by atoms with Gasteiger partial charge in [-0.1, -0.05) is 30.3 Å². The Labute approximate surface area is 109 Å². The van der Waals surface area contributed by atoms with Gasteiger partial charge in [0.15, 0.2) is 0 Å². The molecule has 2 saturated carbocycles. The lowest BCUT2D eigenvalue weighted by atomic mass is 10.1. The van der Waals surface area contributed by atoms with Crippen LogP contribution in [-0.2, 0) is 4.79 Å². The van der Waals surface area contributed by atoms with Crippen LogP contribution in [0.2, 0.25) is 0 Å². The number of hydrogen-bond acceptors (Lipinski definition) is 1. The molecule has 2 atom stereocenters. The van der Waals surface area contributed by atoms with Crippen LogP contribution in [-0.4, -0.2) is 23.9 Å². The zero-order valence-corrected chi connectivity index (χ0v) is 11.0. The molecule has 0 aromatic heterocycles. The van der Waals surface area contributed by atoms with E-state index in [1.165, 1.54) is 12.0 Å². The summed E-state index contributed by atoms with van der Waals surface area (Å²) in [6.45, 7) is 3.93. The van der Waals surface area contributed by atoms with E-state index in [9.17, 15) is 4.79 Å². The highest BCUT2D eigenvalue weighted by atomic mass is 16.2. The van der Waals surface area contributed by atoms with Crippen LogP contribution in [0, 0.1) is 11.8 Å². The summed E-state index contributed by atoms with van der Waals surface area (Å²) >= 11 is 0. The first-order valence-corrected chi connectivity index (χ1v) is 7.13. The maximum atomic E-state index is 12.1. The molecule has 1 amide bonds. The van der Waals surface area contributed by atoms with Crippen LogP contribution in [0.3, 0.4) is 0 Å². The molecule has 0 heterocycles. The lowest BCUT2D eigenvalue weighted by molar-refractivity contribution is -0.132. The number of carbonyl (C=O) groups excluding carboxylic acids is 1. The van der Waals surface area contributed by atoms with Crippen molar-refractivity contribution < 1.29 is 4.79 Å². The molecule has 2 aliphatic carbocycles. The van der Waals surface area contributed by atoms with Crippen molar-refractivity contribution in [1.82, 2.24) is 4.90 Å². The Morgan fingerprint density at radius 1 is 1.28 bits per heavy atom. The lowest BCUT2D eigenvalue weighted by Gasteiger charge is -2.20. The topological polar surface area (TPSA) is 20.3 Å². The largest absolute Gasteiger partial charge is 0.342 e. The molecular formula is C16H21NO. The molecule has 96 valence electrons. The quantitative estimate of drug-likeness (QED) is 0.778. The Hall–Kier alpha value is -1.31. The van der Waals surface area contributed by atoms with E-state index >= 15 is 0 Å². The van der Waals surface area contributed by atoms with Crippen LogP contribution in [0.5, 0.6) is 0 Å². The van der Waals surface area contributed by atoms with E-state index < -0.39 is 0 Å². The highest BCUT2D eigenvalue weighted by Gasteiger charge is 2.41. The molecule has 2 heteroatoms. The standard InChI is InChI=1S/C16H21NO/c1-2-17(16(18)13-8-9-13)11-14-10-15(14)12-6-4-3-5-7-12/h3-7,13-15H,2,8-11H2,1H3/t14-,15?/m1/s1. The van der Waals surface area contributed by atoms with Gasteiger partial charge in [0.2, 0.25) is 5.91 Å². The van der Waals surface area contributed by atoms with Crippen LogP contribution in [0.15, 0.2) is 30.3 Å². The zero-order chi connectivity index (χ0) is 12.5. The smallest absolute Gasteiger partial charge is 0.225 e. The predicted molar refractivity (Wildman–Crippen MR) is 72.3 cm³/mol. The van der Waals surface area contributed by atoms with Gasteiger partial charge in [-0.2, -0.15) is 0 Å². The van der Waals surface area contributed by atoms with Gasteiger partial charge in [-0.05, 0) is 43.6 Å². The molecule has 0 saturated heterocycles. The summed E-state index contributed by atoms with van der Waals surface area (Å²) in [6, 6.07) is 10.7. The fourth-order valence-corrected chi connectivity index (χ4v) is 2.80. The van der Waals surface area contributed by atoms with Gasteiger partial charge in [-0.3, -0.25) is 4.79 Å². The van der Waals surface area contributed by atoms with E-state index in [0.29, 0.717) is 23.7 Å². The van der Waals surface area contributed by atoms with Crippen molar-refractivity contribution in [1.29, 1.82) is 0 Å². The van der Waals surface area contributed by atoms with Crippen molar-refractivity contribution >= 4 is 5.91 Å². The van der Waals surface area contributed by atoms with Crippen LogP contribution < -0.4 is 0 Å². The van der Waals surface area contributed by atoms with Gasteiger partial charge in [0.1, 0.15) is 0 Å². The minimum Gasteiger partial charge on any atom is -0.342 e. The summed E-state index contributed by atoms with van der Waals surface area (Å²) in [5, 5.41) is 0. The van der Waals surface area contributed by atoms with Gasteiger partial charge >= 0.3 is 0 Å². The summed E-state index contributed by atoms with van der Waals surface area (Å²) in [5.74, 6) is 2.14. The minimum atomic E-state index is 0.360. The van der Waals surface area contributed by atoms with Gasteiger partial charge in [-0.25, -0.2) is 0 Å². The first-order valence-electron chi connectivity index (χ1n) is 7.13. The molecule has 1 unspecified atom stereocenters. The van der Waals surface area contributed by atoms with Crippen LogP contribution in [0.4, 0.5) is 0 Å². The fourth-order valence-electron chi connectivity index (χ4n) is 2.80. The van der Waals surface area contributed by atoms with E-state index in [-0.39, 0.29) is 0 Å². The molecular weight excluding hydrogens is 222 g/mol. The Balaban J connectivity index is 1.56. The van der Waals surface area contributed by atoms with Gasteiger partial charge in [0.25, 0.3) is 0 Å².